The Balaban J connectivity index is 1.78. The fraction of sp³-hybridized carbons (Fsp3) is 0.167. The number of fused-ring (bicyclic) bond motifs is 1. The Morgan fingerprint density at radius 1 is 1.21 bits per heavy atom. The minimum atomic E-state index is 0.413. The van der Waals surface area contributed by atoms with Crippen LogP contribution >= 0.6 is 40.0 Å². The number of hydrogen-bond donors (Lipinski definition) is 1. The van der Waals surface area contributed by atoms with E-state index in [9.17, 15) is 0 Å². The standard InChI is InChI=1S/C18H17ClIN6OP/c1-10-22-17-13(7-16(19)24-18(17)26(10)28-20)23-12-5-4-11(6-15(12)27-3)14-8-21-9-25(14)2/h4-9,28H,1-3H3,(H,23,24). The van der Waals surface area contributed by atoms with Crippen molar-refractivity contribution < 1.29 is 4.74 Å². The molecule has 4 rings (SSSR count). The van der Waals surface area contributed by atoms with Crippen molar-refractivity contribution in [1.82, 2.24) is 23.9 Å². The van der Waals surface area contributed by atoms with Crippen molar-refractivity contribution in [2.75, 3.05) is 12.4 Å². The molecule has 10 heteroatoms. The first-order chi connectivity index (χ1) is 13.5. The summed E-state index contributed by atoms with van der Waals surface area (Å²) in [5.74, 6) is 1.62. The molecule has 1 unspecified atom stereocenters. The molecule has 0 saturated heterocycles. The van der Waals surface area contributed by atoms with Crippen molar-refractivity contribution >= 4 is 62.6 Å². The van der Waals surface area contributed by atoms with Gasteiger partial charge in [-0.1, -0.05) is 17.7 Å². The van der Waals surface area contributed by atoms with E-state index in [0.29, 0.717) is 17.3 Å². The number of nitrogens with zero attached hydrogens (tertiary/aromatic N) is 5. The molecule has 0 bridgehead atoms. The van der Waals surface area contributed by atoms with Crippen LogP contribution in [0.1, 0.15) is 5.82 Å². The predicted molar refractivity (Wildman–Crippen MR) is 123 cm³/mol. The number of ether oxygens (including phenoxy) is 1. The number of rotatable bonds is 5. The maximum atomic E-state index is 6.28. The molecule has 0 radical (unpaired) electrons. The summed E-state index contributed by atoms with van der Waals surface area (Å²) in [7, 11) is 3.61. The first-order valence-electron chi connectivity index (χ1n) is 8.36. The van der Waals surface area contributed by atoms with E-state index in [0.717, 1.165) is 39.6 Å². The van der Waals surface area contributed by atoms with E-state index >= 15 is 0 Å². The summed E-state index contributed by atoms with van der Waals surface area (Å²) < 4.78 is 9.64. The average molecular weight is 527 g/mol. The molecule has 28 heavy (non-hydrogen) atoms. The Hall–Kier alpha value is -1.90. The molecule has 0 aliphatic rings. The Labute approximate surface area is 181 Å². The Morgan fingerprint density at radius 2 is 2.04 bits per heavy atom. The summed E-state index contributed by atoms with van der Waals surface area (Å²) in [4.78, 5) is 13.3. The Bertz CT molecular complexity index is 1170. The molecular weight excluding hydrogens is 510 g/mol. The van der Waals surface area contributed by atoms with Crippen molar-refractivity contribution in [3.05, 3.63) is 47.8 Å². The summed E-state index contributed by atoms with van der Waals surface area (Å²) in [6.07, 6.45) is 4.09. The SMILES string of the molecule is COc1cc(-c2cncn2C)ccc1Nc1cc(Cl)nc2c1nc(C)n2PI. The minimum Gasteiger partial charge on any atom is -0.495 e. The van der Waals surface area contributed by atoms with Gasteiger partial charge in [0.25, 0.3) is 0 Å². The molecule has 0 aliphatic heterocycles. The molecule has 1 atom stereocenters. The second-order valence-electron chi connectivity index (χ2n) is 6.17. The molecule has 3 aromatic heterocycles. The second-order valence-corrected chi connectivity index (χ2v) is 8.62. The van der Waals surface area contributed by atoms with E-state index in [1.165, 1.54) is 0 Å². The van der Waals surface area contributed by atoms with Gasteiger partial charge in [0.1, 0.15) is 22.2 Å². The van der Waals surface area contributed by atoms with Crippen LogP contribution in [0.25, 0.3) is 22.4 Å². The highest BCUT2D eigenvalue weighted by atomic mass is 127. The van der Waals surface area contributed by atoms with E-state index in [1.807, 2.05) is 42.9 Å². The zero-order chi connectivity index (χ0) is 19.8. The van der Waals surface area contributed by atoms with Gasteiger partial charge in [0.15, 0.2) is 5.65 Å². The predicted octanol–water partition coefficient (Wildman–Crippen LogP) is 5.34. The van der Waals surface area contributed by atoms with E-state index < -0.39 is 0 Å². The van der Waals surface area contributed by atoms with Crippen molar-refractivity contribution in [1.29, 1.82) is 0 Å². The molecular formula is C18H17ClIN6OP. The number of pyridine rings is 1. The van der Waals surface area contributed by atoms with Gasteiger partial charge in [-0.15, -0.1) is 0 Å². The van der Waals surface area contributed by atoms with Crippen LogP contribution in [-0.4, -0.2) is 31.0 Å². The first-order valence-corrected chi connectivity index (χ1v) is 12.8. The molecule has 7 nitrogen and oxygen atoms in total. The van der Waals surface area contributed by atoms with Gasteiger partial charge in [0, 0.05) is 18.7 Å². The number of aryl methyl sites for hydroxylation is 2. The minimum absolute atomic E-state index is 0.413. The van der Waals surface area contributed by atoms with Crippen molar-refractivity contribution in [3.63, 3.8) is 0 Å². The van der Waals surface area contributed by atoms with Crippen LogP contribution in [0, 0.1) is 6.92 Å². The molecule has 1 N–H and O–H groups in total. The van der Waals surface area contributed by atoms with Crippen molar-refractivity contribution in [2.24, 2.45) is 7.05 Å². The summed E-state index contributed by atoms with van der Waals surface area (Å²) in [6.45, 7) is 1.97. The lowest BCUT2D eigenvalue weighted by Gasteiger charge is -2.14. The van der Waals surface area contributed by atoms with Gasteiger partial charge in [0.05, 0.1) is 43.1 Å². The van der Waals surface area contributed by atoms with Gasteiger partial charge in [0.2, 0.25) is 0 Å². The lowest BCUT2D eigenvalue weighted by molar-refractivity contribution is 0.417. The highest BCUT2D eigenvalue weighted by Crippen LogP contribution is 2.37. The van der Waals surface area contributed by atoms with Crippen LogP contribution < -0.4 is 10.1 Å². The van der Waals surface area contributed by atoms with Crippen LogP contribution in [-0.2, 0) is 7.05 Å². The van der Waals surface area contributed by atoms with Crippen molar-refractivity contribution in [2.45, 2.75) is 6.92 Å². The summed E-state index contributed by atoms with van der Waals surface area (Å²) in [5.41, 5.74) is 5.19. The topological polar surface area (TPSA) is 69.8 Å². The molecule has 0 fully saturated rings. The number of imidazole rings is 2. The number of nitrogens with one attached hydrogen (secondary N) is 1. The highest BCUT2D eigenvalue weighted by Gasteiger charge is 2.16. The molecule has 144 valence electrons. The normalized spacial score (nSPS) is 11.6. The zero-order valence-electron chi connectivity index (χ0n) is 15.4. The highest BCUT2D eigenvalue weighted by molar-refractivity contribution is 14.2. The Kier molecular flexibility index (Phi) is 5.44. The fourth-order valence-electron chi connectivity index (χ4n) is 3.06. The third-order valence-corrected chi connectivity index (χ3v) is 6.77. The lowest BCUT2D eigenvalue weighted by Crippen LogP contribution is -1.98. The third-order valence-electron chi connectivity index (χ3n) is 4.42. The van der Waals surface area contributed by atoms with Gasteiger partial charge in [-0.25, -0.2) is 15.0 Å². The molecule has 4 aromatic rings. The molecule has 0 aliphatic carbocycles. The first kappa shape index (κ1) is 19.4. The number of aromatic nitrogens is 5. The zero-order valence-corrected chi connectivity index (χ0v) is 19.3. The smallest absolute Gasteiger partial charge is 0.167 e. The number of anilines is 2. The quantitative estimate of drug-likeness (QED) is 0.216. The summed E-state index contributed by atoms with van der Waals surface area (Å²) in [6, 6.07) is 7.77. The van der Waals surface area contributed by atoms with E-state index in [2.05, 4.69) is 46.6 Å². The molecule has 0 saturated carbocycles. The maximum absolute atomic E-state index is 6.28. The fourth-order valence-corrected chi connectivity index (χ4v) is 5.39. The molecule has 3 heterocycles. The summed E-state index contributed by atoms with van der Waals surface area (Å²) >= 11 is 8.59. The largest absolute Gasteiger partial charge is 0.495 e. The second kappa shape index (κ2) is 7.85. The van der Waals surface area contributed by atoms with Gasteiger partial charge < -0.3 is 14.6 Å². The van der Waals surface area contributed by atoms with E-state index in [4.69, 9.17) is 16.3 Å². The van der Waals surface area contributed by atoms with Gasteiger partial charge in [-0.05, 0) is 41.1 Å². The van der Waals surface area contributed by atoms with Gasteiger partial charge >= 0.3 is 0 Å². The maximum Gasteiger partial charge on any atom is 0.167 e. The van der Waals surface area contributed by atoms with Crippen LogP contribution in [0.4, 0.5) is 11.4 Å². The van der Waals surface area contributed by atoms with Crippen LogP contribution in [0.15, 0.2) is 36.8 Å². The molecule has 0 spiro atoms. The van der Waals surface area contributed by atoms with Crippen LogP contribution in [0.2, 0.25) is 5.15 Å². The van der Waals surface area contributed by atoms with Crippen molar-refractivity contribution in [3.8, 4) is 17.0 Å². The summed E-state index contributed by atoms with van der Waals surface area (Å²) in [5, 5.41) is 3.83. The monoisotopic (exact) mass is 526 g/mol. The van der Waals surface area contributed by atoms with Gasteiger partial charge in [-0.2, -0.15) is 0 Å². The van der Waals surface area contributed by atoms with E-state index in [1.54, 1.807) is 19.5 Å². The van der Waals surface area contributed by atoms with E-state index in [-0.39, 0.29) is 0 Å². The number of methoxy groups -OCH3 is 1. The molecule has 0 amide bonds. The Morgan fingerprint density at radius 3 is 2.71 bits per heavy atom. The van der Waals surface area contributed by atoms with Crippen LogP contribution in [0.5, 0.6) is 5.75 Å². The molecule has 1 aromatic carbocycles. The average Bonchev–Trinajstić information content (AvgIpc) is 3.24. The van der Waals surface area contributed by atoms with Gasteiger partial charge in [-0.3, -0.25) is 4.34 Å². The lowest BCUT2D eigenvalue weighted by atomic mass is 10.1. The number of hydrogen-bond acceptors (Lipinski definition) is 5. The van der Waals surface area contributed by atoms with Crippen LogP contribution in [0.3, 0.4) is 0 Å². The number of halogens is 2. The number of benzene rings is 1. The third kappa shape index (κ3) is 3.44.